The number of carbonyl (C=O) groups excluding carboxylic acids is 2. The number of benzene rings is 1. The van der Waals surface area contributed by atoms with Crippen molar-refractivity contribution in [3.63, 3.8) is 0 Å². The van der Waals surface area contributed by atoms with Crippen LogP contribution in [0.1, 0.15) is 13.8 Å². The van der Waals surface area contributed by atoms with Crippen molar-refractivity contribution in [2.24, 2.45) is 5.92 Å². The predicted octanol–water partition coefficient (Wildman–Crippen LogP) is 3.16. The number of rotatable bonds is 5. The average molecular weight is 357 g/mol. The average Bonchev–Trinajstić information content (AvgIpc) is 2.39. The highest BCUT2D eigenvalue weighted by atomic mass is 79.9. The molecule has 0 unspecified atom stereocenters. The normalized spacial score (nSPS) is 9.95. The molecule has 1 amide bonds. The zero-order valence-corrected chi connectivity index (χ0v) is 13.4. The number of hydrogen-bond acceptors (Lipinski definition) is 5. The van der Waals surface area contributed by atoms with E-state index in [0.717, 1.165) is 16.7 Å². The van der Waals surface area contributed by atoms with Gasteiger partial charge in [-0.1, -0.05) is 13.8 Å². The summed E-state index contributed by atoms with van der Waals surface area (Å²) in [5, 5.41) is 13.2. The molecule has 1 N–H and O–H groups in total. The molecule has 1 rings (SSSR count). The number of nitriles is 1. The molecule has 0 aliphatic carbocycles. The van der Waals surface area contributed by atoms with Crippen LogP contribution in [-0.2, 0) is 14.3 Å². The number of halogens is 1. The van der Waals surface area contributed by atoms with Crippen LogP contribution in [0.25, 0.3) is 0 Å². The number of nitrogens with one attached hydrogen (secondary N) is 1. The monoisotopic (exact) mass is 356 g/mol. The van der Waals surface area contributed by atoms with Crippen molar-refractivity contribution >= 4 is 45.3 Å². The van der Waals surface area contributed by atoms with E-state index in [1.54, 1.807) is 32.0 Å². The van der Waals surface area contributed by atoms with Crippen LogP contribution < -0.4 is 5.32 Å². The van der Waals surface area contributed by atoms with Crippen LogP contribution in [0, 0.1) is 16.6 Å². The molecule has 0 aliphatic heterocycles. The molecule has 1 aromatic rings. The van der Waals surface area contributed by atoms with Crippen molar-refractivity contribution in [3.05, 3.63) is 22.7 Å². The molecule has 0 fully saturated rings. The summed E-state index contributed by atoms with van der Waals surface area (Å²) < 4.78 is 5.48. The van der Waals surface area contributed by atoms with E-state index in [1.807, 2.05) is 5.40 Å². The number of anilines is 1. The first-order valence-corrected chi connectivity index (χ1v) is 7.37. The van der Waals surface area contributed by atoms with Gasteiger partial charge in [-0.15, -0.1) is 0 Å². The molecule has 5 nitrogen and oxygen atoms in total. The van der Waals surface area contributed by atoms with Crippen LogP contribution in [0.4, 0.5) is 5.69 Å². The Balaban J connectivity index is 2.58. The summed E-state index contributed by atoms with van der Waals surface area (Å²) in [5.41, 5.74) is 0.554. The highest BCUT2D eigenvalue weighted by molar-refractivity contribution is 9.10. The van der Waals surface area contributed by atoms with Gasteiger partial charge in [0.2, 0.25) is 0 Å². The summed E-state index contributed by atoms with van der Waals surface area (Å²) in [6.07, 6.45) is 0. The Morgan fingerprint density at radius 2 is 2.20 bits per heavy atom. The molecule has 0 atom stereocenters. The fourth-order valence-electron chi connectivity index (χ4n) is 1.20. The number of ether oxygens (including phenoxy) is 1. The fourth-order valence-corrected chi connectivity index (χ4v) is 2.25. The second-order valence-corrected chi connectivity index (χ2v) is 5.86. The van der Waals surface area contributed by atoms with Crippen molar-refractivity contribution < 1.29 is 14.3 Å². The van der Waals surface area contributed by atoms with E-state index in [2.05, 4.69) is 21.2 Å². The minimum Gasteiger partial charge on any atom is -0.455 e. The van der Waals surface area contributed by atoms with E-state index in [1.165, 1.54) is 0 Å². The van der Waals surface area contributed by atoms with E-state index in [9.17, 15) is 9.59 Å². The van der Waals surface area contributed by atoms with Gasteiger partial charge in [0.1, 0.15) is 5.40 Å². The van der Waals surface area contributed by atoms with Crippen molar-refractivity contribution in [2.75, 3.05) is 11.9 Å². The molecule has 0 radical (unpaired) electrons. The molecule has 1 aromatic carbocycles. The minimum atomic E-state index is -0.417. The third-order valence-corrected chi connectivity index (χ3v) is 3.43. The second kappa shape index (κ2) is 7.92. The summed E-state index contributed by atoms with van der Waals surface area (Å²) in [6, 6.07) is 5.12. The Bertz CT molecular complexity index is 555. The van der Waals surface area contributed by atoms with Crippen LogP contribution in [-0.4, -0.2) is 18.5 Å². The van der Waals surface area contributed by atoms with Gasteiger partial charge in [-0.25, -0.2) is 0 Å². The predicted molar refractivity (Wildman–Crippen MR) is 80.0 cm³/mol. The molecule has 0 bridgehead atoms. The molecule has 0 aromatic heterocycles. The minimum absolute atomic E-state index is 0.267. The van der Waals surface area contributed by atoms with Crippen molar-refractivity contribution in [1.29, 1.82) is 5.26 Å². The SMILES string of the molecule is CC(C)C(=O)OCC(=O)Nc1ccc(SC#N)cc1Br. The Hall–Kier alpha value is -1.52. The van der Waals surface area contributed by atoms with Gasteiger partial charge in [0, 0.05) is 9.37 Å². The summed E-state index contributed by atoms with van der Waals surface area (Å²) in [7, 11) is 0. The van der Waals surface area contributed by atoms with Crippen LogP contribution in [0.2, 0.25) is 0 Å². The molecular weight excluding hydrogens is 344 g/mol. The molecule has 0 saturated heterocycles. The lowest BCUT2D eigenvalue weighted by atomic mass is 10.2. The van der Waals surface area contributed by atoms with Gasteiger partial charge >= 0.3 is 5.97 Å². The molecule has 0 spiro atoms. The highest BCUT2D eigenvalue weighted by Crippen LogP contribution is 2.28. The maximum atomic E-state index is 11.6. The van der Waals surface area contributed by atoms with Crippen molar-refractivity contribution in [1.82, 2.24) is 0 Å². The maximum Gasteiger partial charge on any atom is 0.308 e. The van der Waals surface area contributed by atoms with Gasteiger partial charge in [-0.3, -0.25) is 9.59 Å². The standard InChI is InChI=1S/C13H13BrN2O3S/c1-8(2)13(18)19-6-12(17)16-11-4-3-9(20-7-15)5-10(11)14/h3-5,8H,6H2,1-2H3,(H,16,17). The largest absolute Gasteiger partial charge is 0.455 e. The number of amides is 1. The molecular formula is C13H13BrN2O3S. The molecule has 0 heterocycles. The van der Waals surface area contributed by atoms with Gasteiger partial charge < -0.3 is 10.1 Å². The number of thiocyanates is 1. The van der Waals surface area contributed by atoms with Crippen LogP contribution in [0.5, 0.6) is 0 Å². The second-order valence-electron chi connectivity index (χ2n) is 4.15. The topological polar surface area (TPSA) is 79.2 Å². The van der Waals surface area contributed by atoms with E-state index < -0.39 is 11.9 Å². The van der Waals surface area contributed by atoms with Crippen molar-refractivity contribution in [3.8, 4) is 5.40 Å². The van der Waals surface area contributed by atoms with E-state index in [4.69, 9.17) is 10.00 Å². The quantitative estimate of drug-likeness (QED) is 0.498. The molecule has 0 aliphatic rings. The number of hydrogen-bond donors (Lipinski definition) is 1. The first-order chi connectivity index (χ1) is 9.43. The van der Waals surface area contributed by atoms with Gasteiger partial charge in [0.25, 0.3) is 5.91 Å². The lowest BCUT2D eigenvalue weighted by Gasteiger charge is -2.09. The first kappa shape index (κ1) is 16.5. The zero-order valence-electron chi connectivity index (χ0n) is 11.0. The Kier molecular flexibility index (Phi) is 6.55. The van der Waals surface area contributed by atoms with Gasteiger partial charge in [-0.2, -0.15) is 5.26 Å². The fraction of sp³-hybridized carbons (Fsp3) is 0.308. The summed E-state index contributed by atoms with van der Waals surface area (Å²) in [5.74, 6) is -1.10. The summed E-state index contributed by atoms with van der Waals surface area (Å²) in [6.45, 7) is 3.07. The summed E-state index contributed by atoms with van der Waals surface area (Å²) in [4.78, 5) is 23.6. The number of nitrogens with zero attached hydrogens (tertiary/aromatic N) is 1. The lowest BCUT2D eigenvalue weighted by Crippen LogP contribution is -2.23. The van der Waals surface area contributed by atoms with E-state index in [-0.39, 0.29) is 12.5 Å². The maximum absolute atomic E-state index is 11.6. The van der Waals surface area contributed by atoms with Gasteiger partial charge in [0.15, 0.2) is 6.61 Å². The van der Waals surface area contributed by atoms with Crippen molar-refractivity contribution in [2.45, 2.75) is 18.7 Å². The molecule has 20 heavy (non-hydrogen) atoms. The van der Waals surface area contributed by atoms with Crippen LogP contribution in [0.3, 0.4) is 0 Å². The highest BCUT2D eigenvalue weighted by Gasteiger charge is 2.12. The molecule has 0 saturated carbocycles. The number of thioether (sulfide) groups is 1. The third kappa shape index (κ3) is 5.23. The van der Waals surface area contributed by atoms with Gasteiger partial charge in [0.05, 0.1) is 11.6 Å². The van der Waals surface area contributed by atoms with Crippen LogP contribution in [0.15, 0.2) is 27.6 Å². The molecule has 7 heteroatoms. The van der Waals surface area contributed by atoms with Gasteiger partial charge in [-0.05, 0) is 45.9 Å². The molecule has 106 valence electrons. The Labute approximate surface area is 129 Å². The third-order valence-electron chi connectivity index (χ3n) is 2.20. The zero-order chi connectivity index (χ0) is 15.1. The summed E-state index contributed by atoms with van der Waals surface area (Å²) >= 11 is 4.33. The number of carbonyl (C=O) groups is 2. The first-order valence-electron chi connectivity index (χ1n) is 5.76. The van der Waals surface area contributed by atoms with E-state index >= 15 is 0 Å². The smallest absolute Gasteiger partial charge is 0.308 e. The van der Waals surface area contributed by atoms with E-state index in [0.29, 0.717) is 10.2 Å². The lowest BCUT2D eigenvalue weighted by molar-refractivity contribution is -0.150. The Morgan fingerprint density at radius 3 is 2.75 bits per heavy atom. The number of esters is 1. The van der Waals surface area contributed by atoms with Crippen LogP contribution >= 0.6 is 27.7 Å². The Morgan fingerprint density at radius 1 is 1.50 bits per heavy atom.